The van der Waals surface area contributed by atoms with Crippen LogP contribution in [0.2, 0.25) is 0 Å². The molecule has 2 N–H and O–H groups in total. The second-order valence-electron chi connectivity index (χ2n) is 4.17. The summed E-state index contributed by atoms with van der Waals surface area (Å²) < 4.78 is 24.2. The van der Waals surface area contributed by atoms with Crippen LogP contribution in [0.25, 0.3) is 0 Å². The predicted octanol–water partition coefficient (Wildman–Crippen LogP) is 0.725. The number of carbonyl (C=O) groups is 3. The van der Waals surface area contributed by atoms with E-state index in [0.29, 0.717) is 0 Å². The number of carboxylic acids is 1. The van der Waals surface area contributed by atoms with Crippen molar-refractivity contribution in [3.05, 3.63) is 41.5 Å². The van der Waals surface area contributed by atoms with E-state index in [1.165, 1.54) is 26.0 Å². The Kier molecular flexibility index (Phi) is 4.98. The first kappa shape index (κ1) is 16.6. The molecule has 0 radical (unpaired) electrons. The SMILES string of the molecule is CC(=O)C=C(C)C(=O)O.O=C1NS(=O)(=O)c2ccccc21. The normalized spacial score (nSPS) is 15.3. The molecular weight excluding hydrogens is 298 g/mol. The summed E-state index contributed by atoms with van der Waals surface area (Å²) in [6.07, 6.45) is 1.09. The molecule has 2 rings (SSSR count). The van der Waals surface area contributed by atoms with Crippen LogP contribution in [0.4, 0.5) is 0 Å². The zero-order valence-electron chi connectivity index (χ0n) is 11.3. The quantitative estimate of drug-likeness (QED) is 0.777. The van der Waals surface area contributed by atoms with Crippen molar-refractivity contribution in [2.45, 2.75) is 18.7 Å². The van der Waals surface area contributed by atoms with E-state index in [9.17, 15) is 22.8 Å². The first-order valence-corrected chi connectivity index (χ1v) is 7.22. The molecule has 0 fully saturated rings. The number of benzene rings is 1. The number of aliphatic carboxylic acids is 1. The third kappa shape index (κ3) is 4.25. The van der Waals surface area contributed by atoms with E-state index in [1.54, 1.807) is 12.1 Å². The Hall–Kier alpha value is -2.48. The first-order chi connectivity index (χ1) is 9.65. The van der Waals surface area contributed by atoms with Crippen molar-refractivity contribution >= 4 is 27.7 Å². The smallest absolute Gasteiger partial charge is 0.331 e. The Morgan fingerprint density at radius 2 is 1.76 bits per heavy atom. The highest BCUT2D eigenvalue weighted by Crippen LogP contribution is 2.20. The number of carbonyl (C=O) groups excluding carboxylic acids is 2. The first-order valence-electron chi connectivity index (χ1n) is 5.73. The van der Waals surface area contributed by atoms with Gasteiger partial charge in [0, 0.05) is 5.57 Å². The van der Waals surface area contributed by atoms with Gasteiger partial charge in [0.25, 0.3) is 15.9 Å². The van der Waals surface area contributed by atoms with Gasteiger partial charge in [-0.2, -0.15) is 0 Å². The summed E-state index contributed by atoms with van der Waals surface area (Å²) in [5.41, 5.74) is 0.292. The van der Waals surface area contributed by atoms with Crippen molar-refractivity contribution < 1.29 is 27.9 Å². The van der Waals surface area contributed by atoms with Crippen molar-refractivity contribution in [2.24, 2.45) is 0 Å². The summed E-state index contributed by atoms with van der Waals surface area (Å²) >= 11 is 0. The number of fused-ring (bicyclic) bond motifs is 1. The molecule has 1 aliphatic rings. The Morgan fingerprint density at radius 1 is 1.19 bits per heavy atom. The number of rotatable bonds is 2. The molecule has 1 amide bonds. The maximum atomic E-state index is 11.1. The van der Waals surface area contributed by atoms with Crippen LogP contribution in [-0.4, -0.2) is 31.2 Å². The zero-order valence-corrected chi connectivity index (χ0v) is 12.1. The van der Waals surface area contributed by atoms with Crippen molar-refractivity contribution in [1.29, 1.82) is 0 Å². The second-order valence-corrected chi connectivity index (χ2v) is 5.82. The molecule has 0 saturated carbocycles. The lowest BCUT2D eigenvalue weighted by atomic mass is 10.2. The molecule has 1 aliphatic heterocycles. The highest BCUT2D eigenvalue weighted by molar-refractivity contribution is 7.90. The molecule has 112 valence electrons. The Bertz CT molecular complexity index is 733. The monoisotopic (exact) mass is 311 g/mol. The fourth-order valence-corrected chi connectivity index (χ4v) is 2.66. The summed E-state index contributed by atoms with van der Waals surface area (Å²) in [5.74, 6) is -1.84. The van der Waals surface area contributed by atoms with E-state index in [4.69, 9.17) is 5.11 Å². The fraction of sp³-hybridized carbons (Fsp3) is 0.154. The van der Waals surface area contributed by atoms with Gasteiger partial charge in [-0.3, -0.25) is 9.59 Å². The van der Waals surface area contributed by atoms with Gasteiger partial charge in [0.05, 0.1) is 5.56 Å². The molecule has 7 nitrogen and oxygen atoms in total. The maximum Gasteiger partial charge on any atom is 0.331 e. The van der Waals surface area contributed by atoms with Gasteiger partial charge in [-0.05, 0) is 32.1 Å². The second kappa shape index (κ2) is 6.31. The van der Waals surface area contributed by atoms with Gasteiger partial charge in [0.2, 0.25) is 0 Å². The molecule has 0 atom stereocenters. The lowest BCUT2D eigenvalue weighted by Crippen LogP contribution is -2.20. The molecule has 0 aliphatic carbocycles. The summed E-state index contributed by atoms with van der Waals surface area (Å²) in [6.45, 7) is 2.69. The van der Waals surface area contributed by atoms with Crippen LogP contribution in [0.3, 0.4) is 0 Å². The van der Waals surface area contributed by atoms with Crippen LogP contribution in [0, 0.1) is 0 Å². The highest BCUT2D eigenvalue weighted by Gasteiger charge is 2.31. The summed E-state index contributed by atoms with van der Waals surface area (Å²) in [4.78, 5) is 31.3. The molecule has 8 heteroatoms. The Morgan fingerprint density at radius 3 is 2.19 bits per heavy atom. The van der Waals surface area contributed by atoms with E-state index in [0.717, 1.165) is 6.08 Å². The molecule has 0 spiro atoms. The lowest BCUT2D eigenvalue weighted by Gasteiger charge is -1.91. The van der Waals surface area contributed by atoms with Crippen LogP contribution in [0.1, 0.15) is 24.2 Å². The zero-order chi connectivity index (χ0) is 16.2. The van der Waals surface area contributed by atoms with E-state index >= 15 is 0 Å². The van der Waals surface area contributed by atoms with Crippen LogP contribution in [0.15, 0.2) is 40.8 Å². The van der Waals surface area contributed by atoms with Gasteiger partial charge < -0.3 is 5.11 Å². The molecule has 21 heavy (non-hydrogen) atoms. The van der Waals surface area contributed by atoms with Crippen molar-refractivity contribution in [1.82, 2.24) is 4.72 Å². The molecular formula is C13H13NO6S. The number of nitrogens with one attached hydrogen (secondary N) is 1. The van der Waals surface area contributed by atoms with Gasteiger partial charge in [-0.15, -0.1) is 0 Å². The van der Waals surface area contributed by atoms with E-state index in [-0.39, 0.29) is 21.8 Å². The van der Waals surface area contributed by atoms with Gasteiger partial charge >= 0.3 is 5.97 Å². The minimum Gasteiger partial charge on any atom is -0.478 e. The topological polar surface area (TPSA) is 118 Å². The van der Waals surface area contributed by atoms with Gasteiger partial charge in [0.15, 0.2) is 5.78 Å². The number of allylic oxidation sites excluding steroid dienone is 1. The average molecular weight is 311 g/mol. The van der Waals surface area contributed by atoms with Crippen LogP contribution in [0.5, 0.6) is 0 Å². The average Bonchev–Trinajstić information content (AvgIpc) is 2.60. The molecule has 1 heterocycles. The Balaban J connectivity index is 0.000000222. The number of hydrogen-bond donors (Lipinski definition) is 2. The highest BCUT2D eigenvalue weighted by atomic mass is 32.2. The predicted molar refractivity (Wildman–Crippen MR) is 73.2 cm³/mol. The van der Waals surface area contributed by atoms with E-state index < -0.39 is 21.9 Å². The third-order valence-corrected chi connectivity index (χ3v) is 3.79. The Labute approximate surface area is 121 Å². The number of amides is 1. The standard InChI is InChI=1S/C7H5NO3S.C6H8O3/c9-7-5-3-1-2-4-6(5)12(10,11)8-7;1-4(6(8)9)3-5(2)7/h1-4H,(H,8,9);3H,1-2H3,(H,8,9). The van der Waals surface area contributed by atoms with Crippen LogP contribution < -0.4 is 4.72 Å². The largest absolute Gasteiger partial charge is 0.478 e. The molecule has 1 aromatic rings. The van der Waals surface area contributed by atoms with Gasteiger partial charge in [0.1, 0.15) is 4.90 Å². The van der Waals surface area contributed by atoms with Gasteiger partial charge in [-0.1, -0.05) is 12.1 Å². The summed E-state index contributed by atoms with van der Waals surface area (Å²) in [6, 6.07) is 6.09. The van der Waals surface area contributed by atoms with Crippen molar-refractivity contribution in [3.8, 4) is 0 Å². The van der Waals surface area contributed by atoms with Crippen LogP contribution >= 0.6 is 0 Å². The van der Waals surface area contributed by atoms with Crippen molar-refractivity contribution in [3.63, 3.8) is 0 Å². The molecule has 0 bridgehead atoms. The summed E-state index contributed by atoms with van der Waals surface area (Å²) in [5, 5.41) is 8.21. The summed E-state index contributed by atoms with van der Waals surface area (Å²) in [7, 11) is -3.55. The number of ketones is 1. The lowest BCUT2D eigenvalue weighted by molar-refractivity contribution is -0.132. The van der Waals surface area contributed by atoms with E-state index in [2.05, 4.69) is 0 Å². The minimum atomic E-state index is -3.55. The molecule has 0 unspecified atom stereocenters. The van der Waals surface area contributed by atoms with Crippen LogP contribution in [-0.2, 0) is 19.6 Å². The number of sulfonamides is 1. The molecule has 1 aromatic carbocycles. The third-order valence-electron chi connectivity index (χ3n) is 2.41. The molecule has 0 aromatic heterocycles. The number of hydrogen-bond acceptors (Lipinski definition) is 5. The maximum absolute atomic E-state index is 11.1. The number of carboxylic acid groups (broad SMARTS) is 1. The van der Waals surface area contributed by atoms with Gasteiger partial charge in [-0.25, -0.2) is 17.9 Å². The molecule has 0 saturated heterocycles. The van der Waals surface area contributed by atoms with Crippen molar-refractivity contribution in [2.75, 3.05) is 0 Å². The minimum absolute atomic E-state index is 0.0648. The van der Waals surface area contributed by atoms with E-state index in [1.807, 2.05) is 4.72 Å². The fourth-order valence-electron chi connectivity index (χ4n) is 1.49.